The van der Waals surface area contributed by atoms with E-state index in [4.69, 9.17) is 4.74 Å². The number of nitrogens with one attached hydrogen (secondary N) is 1. The number of anilines is 2. The maximum atomic E-state index is 12.4. The SMILES string of the molecule is CC(C)(C)OC(=O)Nc1cc(N2CC[C@](C)(c3ccccc3)C2)cn2nc(C(=O)O)cc12. The lowest BCUT2D eigenvalue weighted by Crippen LogP contribution is -2.29. The number of carboxylic acids is 1. The highest BCUT2D eigenvalue weighted by molar-refractivity contribution is 5.95. The van der Waals surface area contributed by atoms with Crippen LogP contribution in [0.15, 0.2) is 48.7 Å². The third kappa shape index (κ3) is 4.39. The van der Waals surface area contributed by atoms with E-state index in [2.05, 4.69) is 46.5 Å². The van der Waals surface area contributed by atoms with Crippen LogP contribution in [0.1, 0.15) is 50.2 Å². The summed E-state index contributed by atoms with van der Waals surface area (Å²) in [6.45, 7) is 9.23. The number of aromatic carboxylic acids is 1. The van der Waals surface area contributed by atoms with Crippen LogP contribution in [0.3, 0.4) is 0 Å². The van der Waals surface area contributed by atoms with Crippen LogP contribution in [0, 0.1) is 0 Å². The molecule has 1 aliphatic heterocycles. The van der Waals surface area contributed by atoms with Gasteiger partial charge < -0.3 is 14.7 Å². The molecule has 8 nitrogen and oxygen atoms in total. The van der Waals surface area contributed by atoms with E-state index in [1.54, 1.807) is 27.0 Å². The number of rotatable bonds is 4. The summed E-state index contributed by atoms with van der Waals surface area (Å²) >= 11 is 0. The topological polar surface area (TPSA) is 96.2 Å². The lowest BCUT2D eigenvalue weighted by molar-refractivity contribution is 0.0634. The van der Waals surface area contributed by atoms with E-state index in [9.17, 15) is 14.7 Å². The molecule has 32 heavy (non-hydrogen) atoms. The molecule has 1 fully saturated rings. The minimum atomic E-state index is -1.13. The van der Waals surface area contributed by atoms with Gasteiger partial charge in [-0.3, -0.25) is 5.32 Å². The summed E-state index contributed by atoms with van der Waals surface area (Å²) in [5, 5.41) is 16.3. The molecule has 168 valence electrons. The molecule has 0 saturated carbocycles. The quantitative estimate of drug-likeness (QED) is 0.623. The predicted molar refractivity (Wildman–Crippen MR) is 123 cm³/mol. The Labute approximate surface area is 186 Å². The first kappa shape index (κ1) is 21.7. The number of hydrogen-bond acceptors (Lipinski definition) is 5. The van der Waals surface area contributed by atoms with Crippen LogP contribution in [-0.2, 0) is 10.2 Å². The molecule has 8 heteroatoms. The first-order valence-electron chi connectivity index (χ1n) is 10.6. The van der Waals surface area contributed by atoms with Crippen LogP contribution in [0.2, 0.25) is 0 Å². The molecule has 0 bridgehead atoms. The van der Waals surface area contributed by atoms with Crippen molar-refractivity contribution in [3.63, 3.8) is 0 Å². The van der Waals surface area contributed by atoms with Crippen molar-refractivity contribution in [1.82, 2.24) is 9.61 Å². The van der Waals surface area contributed by atoms with Crippen molar-refractivity contribution in [2.75, 3.05) is 23.3 Å². The molecule has 1 amide bonds. The number of fused-ring (bicyclic) bond motifs is 1. The van der Waals surface area contributed by atoms with E-state index in [1.807, 2.05) is 12.1 Å². The molecule has 3 heterocycles. The average molecular weight is 437 g/mol. The van der Waals surface area contributed by atoms with Crippen molar-refractivity contribution < 1.29 is 19.4 Å². The summed E-state index contributed by atoms with van der Waals surface area (Å²) in [5.41, 5.74) is 2.31. The summed E-state index contributed by atoms with van der Waals surface area (Å²) in [7, 11) is 0. The van der Waals surface area contributed by atoms with Gasteiger partial charge in [-0.25, -0.2) is 14.1 Å². The maximum absolute atomic E-state index is 12.4. The minimum absolute atomic E-state index is 0.00862. The summed E-state index contributed by atoms with van der Waals surface area (Å²) in [6.07, 6.45) is 2.17. The zero-order valence-electron chi connectivity index (χ0n) is 18.8. The lowest BCUT2D eigenvalue weighted by Gasteiger charge is -2.26. The van der Waals surface area contributed by atoms with Gasteiger partial charge >= 0.3 is 12.1 Å². The van der Waals surface area contributed by atoms with E-state index in [1.165, 1.54) is 16.1 Å². The van der Waals surface area contributed by atoms with Crippen LogP contribution in [0.5, 0.6) is 0 Å². The van der Waals surface area contributed by atoms with Gasteiger partial charge in [0.2, 0.25) is 0 Å². The van der Waals surface area contributed by atoms with Crippen LogP contribution in [0.4, 0.5) is 16.2 Å². The average Bonchev–Trinajstić information content (AvgIpc) is 3.32. The number of carboxylic acid groups (broad SMARTS) is 1. The second kappa shape index (κ2) is 7.85. The van der Waals surface area contributed by atoms with Gasteiger partial charge in [-0.15, -0.1) is 0 Å². The molecule has 4 rings (SSSR count). The number of pyridine rings is 1. The highest BCUT2D eigenvalue weighted by atomic mass is 16.6. The van der Waals surface area contributed by atoms with Crippen molar-refractivity contribution in [3.8, 4) is 0 Å². The fourth-order valence-corrected chi connectivity index (χ4v) is 4.13. The standard InChI is InChI=1S/C24H28N4O4/c1-23(2,3)32-22(31)25-18-12-17(14-28-20(18)13-19(26-28)21(29)30)27-11-10-24(4,15-27)16-8-6-5-7-9-16/h5-9,12-14H,10-11,15H2,1-4H3,(H,25,31)(H,29,30)/t24-/m0/s1. The van der Waals surface area contributed by atoms with Gasteiger partial charge in [0, 0.05) is 24.6 Å². The number of ether oxygens (including phenoxy) is 1. The van der Waals surface area contributed by atoms with Crippen molar-refractivity contribution >= 4 is 29.0 Å². The monoisotopic (exact) mass is 436 g/mol. The molecule has 2 aromatic heterocycles. The van der Waals surface area contributed by atoms with E-state index < -0.39 is 17.7 Å². The molecule has 1 aromatic carbocycles. The van der Waals surface area contributed by atoms with Crippen molar-refractivity contribution in [2.24, 2.45) is 0 Å². The Bertz CT molecular complexity index is 1170. The fraction of sp³-hybridized carbons (Fsp3) is 0.375. The van der Waals surface area contributed by atoms with E-state index in [0.29, 0.717) is 11.2 Å². The Morgan fingerprint density at radius 2 is 1.91 bits per heavy atom. The zero-order chi connectivity index (χ0) is 23.1. The molecular formula is C24H28N4O4. The van der Waals surface area contributed by atoms with Gasteiger partial charge in [0.25, 0.3) is 0 Å². The molecule has 0 aliphatic carbocycles. The highest BCUT2D eigenvalue weighted by Gasteiger charge is 2.35. The van der Waals surface area contributed by atoms with Crippen LogP contribution in [0.25, 0.3) is 5.52 Å². The number of nitrogens with zero attached hydrogens (tertiary/aromatic N) is 3. The van der Waals surface area contributed by atoms with Crippen molar-refractivity contribution in [2.45, 2.75) is 45.1 Å². The second-order valence-corrected chi connectivity index (χ2v) is 9.50. The fourth-order valence-electron chi connectivity index (χ4n) is 4.13. The molecule has 0 radical (unpaired) electrons. The molecule has 1 aliphatic rings. The summed E-state index contributed by atoms with van der Waals surface area (Å²) in [5.74, 6) is -1.13. The van der Waals surface area contributed by atoms with Crippen molar-refractivity contribution in [1.29, 1.82) is 0 Å². The molecule has 3 aromatic rings. The molecular weight excluding hydrogens is 408 g/mol. The molecule has 1 atom stereocenters. The first-order chi connectivity index (χ1) is 15.0. The largest absolute Gasteiger partial charge is 0.476 e. The normalized spacial score (nSPS) is 18.7. The third-order valence-electron chi connectivity index (χ3n) is 5.72. The Hall–Kier alpha value is -3.55. The van der Waals surface area contributed by atoms with Crippen LogP contribution in [-0.4, -0.2) is 45.5 Å². The Morgan fingerprint density at radius 1 is 1.19 bits per heavy atom. The number of amides is 1. The number of benzene rings is 1. The van der Waals surface area contributed by atoms with E-state index in [-0.39, 0.29) is 11.1 Å². The molecule has 0 unspecified atom stereocenters. The predicted octanol–water partition coefficient (Wildman–Crippen LogP) is 4.55. The molecule has 2 N–H and O–H groups in total. The number of carbonyl (C=O) groups is 2. The summed E-state index contributed by atoms with van der Waals surface area (Å²) in [4.78, 5) is 26.1. The Balaban J connectivity index is 1.69. The number of aromatic nitrogens is 2. The smallest absolute Gasteiger partial charge is 0.412 e. The first-order valence-corrected chi connectivity index (χ1v) is 10.6. The summed E-state index contributed by atoms with van der Waals surface area (Å²) < 4.78 is 6.90. The van der Waals surface area contributed by atoms with E-state index >= 15 is 0 Å². The number of carbonyl (C=O) groups excluding carboxylic acids is 1. The van der Waals surface area contributed by atoms with Crippen LogP contribution < -0.4 is 10.2 Å². The van der Waals surface area contributed by atoms with Gasteiger partial charge in [0.05, 0.1) is 23.1 Å². The highest BCUT2D eigenvalue weighted by Crippen LogP contribution is 2.37. The van der Waals surface area contributed by atoms with Crippen molar-refractivity contribution in [3.05, 3.63) is 59.9 Å². The molecule has 0 spiro atoms. The molecule has 1 saturated heterocycles. The van der Waals surface area contributed by atoms with Crippen LogP contribution >= 0.6 is 0 Å². The van der Waals surface area contributed by atoms with Gasteiger partial charge in [-0.05, 0) is 38.8 Å². The van der Waals surface area contributed by atoms with Gasteiger partial charge in [0.15, 0.2) is 5.69 Å². The lowest BCUT2D eigenvalue weighted by atomic mass is 9.82. The summed E-state index contributed by atoms with van der Waals surface area (Å²) in [6, 6.07) is 13.7. The van der Waals surface area contributed by atoms with Gasteiger partial charge in [-0.1, -0.05) is 37.3 Å². The van der Waals surface area contributed by atoms with Gasteiger partial charge in [0.1, 0.15) is 5.60 Å². The Kier molecular flexibility index (Phi) is 5.32. The minimum Gasteiger partial charge on any atom is -0.476 e. The third-order valence-corrected chi connectivity index (χ3v) is 5.72. The Morgan fingerprint density at radius 3 is 2.56 bits per heavy atom. The van der Waals surface area contributed by atoms with E-state index in [0.717, 1.165) is 25.2 Å². The number of hydrogen-bond donors (Lipinski definition) is 2. The van der Waals surface area contributed by atoms with Gasteiger partial charge in [-0.2, -0.15) is 5.10 Å². The zero-order valence-corrected chi connectivity index (χ0v) is 18.8. The maximum Gasteiger partial charge on any atom is 0.412 e. The second-order valence-electron chi connectivity index (χ2n) is 9.50.